The van der Waals surface area contributed by atoms with Crippen LogP contribution in [-0.2, 0) is 15.3 Å². The third-order valence-electron chi connectivity index (χ3n) is 8.20. The van der Waals surface area contributed by atoms with Crippen molar-refractivity contribution in [2.24, 2.45) is 0 Å². The highest BCUT2D eigenvalue weighted by molar-refractivity contribution is 5.90. The van der Waals surface area contributed by atoms with Crippen LogP contribution < -0.4 is 5.43 Å². The Morgan fingerprint density at radius 1 is 0.818 bits per heavy atom. The van der Waals surface area contributed by atoms with Crippen molar-refractivity contribution in [2.45, 2.75) is 66.8 Å². The first-order chi connectivity index (χ1) is 20.5. The number of benzene rings is 2. The van der Waals surface area contributed by atoms with Crippen LogP contribution in [0.2, 0.25) is 0 Å². The molecule has 2 aromatic carbocycles. The van der Waals surface area contributed by atoms with E-state index in [1.165, 1.54) is 24.3 Å². The Balaban J connectivity index is 1.81. The number of ether oxygens (including phenoxy) is 2. The summed E-state index contributed by atoms with van der Waals surface area (Å²) in [6.07, 6.45) is -16.0. The van der Waals surface area contributed by atoms with Gasteiger partial charge in [-0.25, -0.2) is 0 Å². The summed E-state index contributed by atoms with van der Waals surface area (Å²) in [4.78, 5) is 13.3. The predicted molar refractivity (Wildman–Crippen MR) is 141 cm³/mol. The van der Waals surface area contributed by atoms with E-state index in [1.54, 1.807) is 0 Å². The highest BCUT2D eigenvalue weighted by Gasteiger charge is 2.78. The molecule has 2 fully saturated rings. The average Bonchev–Trinajstić information content (AvgIpc) is 2.97. The minimum absolute atomic E-state index is 0.0643. The zero-order chi connectivity index (χ0) is 32.7. The van der Waals surface area contributed by atoms with Crippen LogP contribution in [0.4, 0.5) is 0 Å². The van der Waals surface area contributed by atoms with Gasteiger partial charge in [-0.3, -0.25) is 4.79 Å². The summed E-state index contributed by atoms with van der Waals surface area (Å²) < 4.78 is 16.0. The molecule has 44 heavy (non-hydrogen) atoms. The van der Waals surface area contributed by atoms with Gasteiger partial charge in [-0.2, -0.15) is 0 Å². The number of rotatable bonds is 4. The maximum atomic E-state index is 13.3. The van der Waals surface area contributed by atoms with Crippen LogP contribution in [0.1, 0.15) is 12.5 Å². The van der Waals surface area contributed by atoms with Gasteiger partial charge >= 0.3 is 0 Å². The molecule has 2 saturated heterocycles. The van der Waals surface area contributed by atoms with Gasteiger partial charge in [0.25, 0.3) is 0 Å². The molecule has 0 spiro atoms. The summed E-state index contributed by atoms with van der Waals surface area (Å²) in [5.41, 5.74) is -7.39. The first-order valence-corrected chi connectivity index (χ1v) is 13.0. The van der Waals surface area contributed by atoms with Crippen molar-refractivity contribution in [1.82, 2.24) is 0 Å². The highest BCUT2D eigenvalue weighted by Crippen LogP contribution is 2.56. The Kier molecular flexibility index (Phi) is 7.59. The first-order valence-electron chi connectivity index (χ1n) is 13.0. The number of phenolic OH excluding ortho intramolecular Hbond substituents is 3. The molecule has 3 aromatic rings. The molecule has 2 unspecified atom stereocenters. The summed E-state index contributed by atoms with van der Waals surface area (Å²) in [6.45, 7) is -0.162. The Labute approximate surface area is 245 Å². The summed E-state index contributed by atoms with van der Waals surface area (Å²) in [7, 11) is 0. The monoisotopic (exact) mass is 626 g/mol. The standard InChI is InChI=1S/C27H30O17/c1-8-16(31)21(36)24(38)27(41,43-8)25(39)23(37)17(32)13(7-28)44-26(25,40)15-11(30)6-12-14(18(15)33)19(34)20(35)22(42-12)9-2-4-10(29)5-3-9/h2-6,8,13,16-17,21,23-24,28-33,35-41H,7H2,1H3/t8-,13+,16-,17+,21+,23-,24+,25+,26?,27?/m0/s1. The molecule has 17 heteroatoms. The maximum absolute atomic E-state index is 13.3. The van der Waals surface area contributed by atoms with Crippen molar-refractivity contribution < 1.29 is 80.3 Å². The average molecular weight is 627 g/mol. The molecule has 0 amide bonds. The van der Waals surface area contributed by atoms with Gasteiger partial charge in [-0.15, -0.1) is 0 Å². The predicted octanol–water partition coefficient (Wildman–Crippen LogP) is -3.54. The van der Waals surface area contributed by atoms with Crippen LogP contribution in [0.15, 0.2) is 39.5 Å². The van der Waals surface area contributed by atoms with Gasteiger partial charge in [0.15, 0.2) is 5.76 Å². The number of phenols is 3. The van der Waals surface area contributed by atoms with E-state index in [-0.39, 0.29) is 11.3 Å². The third-order valence-corrected chi connectivity index (χ3v) is 8.20. The number of fused-ring (bicyclic) bond motifs is 1. The quantitative estimate of drug-likeness (QED) is 0.133. The Bertz CT molecular complexity index is 1640. The van der Waals surface area contributed by atoms with Gasteiger partial charge in [0.1, 0.15) is 64.8 Å². The van der Waals surface area contributed by atoms with Crippen LogP contribution >= 0.6 is 0 Å². The SMILES string of the molecule is C[C@@H]1OC(O)([C@@]2(O)[C@@H](O)[C@H](O)[C@@H](CO)OC2(O)c2c(O)cc3oc(-c4ccc(O)cc4)c(O)c(=O)c3c2O)[C@H](O)[C@H](O)[C@H]1O. The van der Waals surface area contributed by atoms with Crippen molar-refractivity contribution in [3.8, 4) is 34.3 Å². The molecule has 1 aromatic heterocycles. The number of hydrogen-bond donors (Lipinski definition) is 13. The topological polar surface area (TPSA) is 312 Å². The molecule has 3 heterocycles. The van der Waals surface area contributed by atoms with Crippen LogP contribution in [-0.4, -0.2) is 127 Å². The lowest BCUT2D eigenvalue weighted by Crippen LogP contribution is -2.85. The molecule has 2 aliphatic heterocycles. The van der Waals surface area contributed by atoms with Gasteiger partial charge in [0.05, 0.1) is 18.3 Å². The second kappa shape index (κ2) is 10.5. The molecule has 2 aliphatic rings. The van der Waals surface area contributed by atoms with Gasteiger partial charge in [-0.1, -0.05) is 0 Å². The van der Waals surface area contributed by atoms with E-state index in [4.69, 9.17) is 13.9 Å². The fraction of sp³-hybridized carbons (Fsp3) is 0.444. The van der Waals surface area contributed by atoms with E-state index in [1.807, 2.05) is 0 Å². The Morgan fingerprint density at radius 2 is 1.43 bits per heavy atom. The maximum Gasteiger partial charge on any atom is 0.238 e. The smallest absolute Gasteiger partial charge is 0.238 e. The molecule has 10 atom stereocenters. The minimum Gasteiger partial charge on any atom is -0.508 e. The molecule has 240 valence electrons. The van der Waals surface area contributed by atoms with Gasteiger partial charge in [0, 0.05) is 11.6 Å². The number of aromatic hydroxyl groups is 4. The van der Waals surface area contributed by atoms with E-state index >= 15 is 0 Å². The van der Waals surface area contributed by atoms with Crippen molar-refractivity contribution in [2.75, 3.05) is 6.61 Å². The second-order valence-electron chi connectivity index (χ2n) is 10.8. The molecule has 13 N–H and O–H groups in total. The molecule has 17 nitrogen and oxygen atoms in total. The summed E-state index contributed by atoms with van der Waals surface area (Å²) in [6, 6.07) is 5.53. The minimum atomic E-state index is -4.03. The second-order valence-corrected chi connectivity index (χ2v) is 10.8. The molecule has 0 aliphatic carbocycles. The molecule has 0 radical (unpaired) electrons. The lowest BCUT2D eigenvalue weighted by Gasteiger charge is -2.61. The fourth-order valence-corrected chi connectivity index (χ4v) is 5.77. The molecule has 0 bridgehead atoms. The van der Waals surface area contributed by atoms with Gasteiger partial charge in [-0.05, 0) is 31.2 Å². The summed E-state index contributed by atoms with van der Waals surface area (Å²) in [5, 5.41) is 140. The Morgan fingerprint density at radius 3 is 2.02 bits per heavy atom. The van der Waals surface area contributed by atoms with E-state index in [0.29, 0.717) is 6.07 Å². The van der Waals surface area contributed by atoms with Crippen LogP contribution in [0.25, 0.3) is 22.3 Å². The third kappa shape index (κ3) is 4.11. The normalized spacial score (nSPS) is 37.7. The first kappa shape index (κ1) is 31.8. The fourth-order valence-electron chi connectivity index (χ4n) is 5.77. The van der Waals surface area contributed by atoms with Gasteiger partial charge in [0.2, 0.25) is 28.4 Å². The largest absolute Gasteiger partial charge is 0.508 e. The Hall–Kier alpha value is -3.59. The zero-order valence-electron chi connectivity index (χ0n) is 22.6. The number of hydrogen-bond acceptors (Lipinski definition) is 17. The van der Waals surface area contributed by atoms with Gasteiger partial charge < -0.3 is 80.3 Å². The van der Waals surface area contributed by atoms with Crippen molar-refractivity contribution in [3.05, 3.63) is 46.1 Å². The van der Waals surface area contributed by atoms with Crippen LogP contribution in [0.3, 0.4) is 0 Å². The molecular weight excluding hydrogens is 596 g/mol. The van der Waals surface area contributed by atoms with E-state index in [0.717, 1.165) is 6.92 Å². The molecular formula is C27H30O17. The van der Waals surface area contributed by atoms with E-state index in [2.05, 4.69) is 0 Å². The molecule has 0 saturated carbocycles. The molecule has 5 rings (SSSR count). The summed E-state index contributed by atoms with van der Waals surface area (Å²) in [5.74, 6) is -12.3. The van der Waals surface area contributed by atoms with Crippen LogP contribution in [0.5, 0.6) is 23.0 Å². The number of aliphatic hydroxyl groups excluding tert-OH is 6. The van der Waals surface area contributed by atoms with E-state index in [9.17, 15) is 71.2 Å². The lowest BCUT2D eigenvalue weighted by molar-refractivity contribution is -0.493. The van der Waals surface area contributed by atoms with Crippen molar-refractivity contribution >= 4 is 11.0 Å². The van der Waals surface area contributed by atoms with Crippen LogP contribution in [0, 0.1) is 0 Å². The van der Waals surface area contributed by atoms with E-state index < -0.39 is 111 Å². The number of aliphatic hydroxyl groups is 9. The zero-order valence-corrected chi connectivity index (χ0v) is 22.6. The van der Waals surface area contributed by atoms with Crippen molar-refractivity contribution in [3.63, 3.8) is 0 Å². The summed E-state index contributed by atoms with van der Waals surface area (Å²) >= 11 is 0. The lowest BCUT2D eigenvalue weighted by atomic mass is 9.67. The highest BCUT2D eigenvalue weighted by atomic mass is 16.7. The van der Waals surface area contributed by atoms with Crippen molar-refractivity contribution in [1.29, 1.82) is 0 Å².